The predicted octanol–water partition coefficient (Wildman–Crippen LogP) is 1.50. The van der Waals surface area contributed by atoms with Crippen molar-refractivity contribution in [3.8, 4) is 11.9 Å². The number of ether oxygens (including phenoxy) is 1. The quantitative estimate of drug-likeness (QED) is 0.340. The van der Waals surface area contributed by atoms with Gasteiger partial charge in [0.1, 0.15) is 5.75 Å². The highest BCUT2D eigenvalue weighted by Gasteiger charge is 2.10. The van der Waals surface area contributed by atoms with Gasteiger partial charge < -0.3 is 4.74 Å². The topological polar surface area (TPSA) is 88.2 Å². The van der Waals surface area contributed by atoms with Crippen molar-refractivity contribution in [1.82, 2.24) is 0 Å². The third-order valence-corrected chi connectivity index (χ3v) is 1.58. The van der Waals surface area contributed by atoms with E-state index in [1.807, 2.05) is 0 Å². The van der Waals surface area contributed by atoms with Gasteiger partial charge in [-0.15, -0.1) is 0 Å². The molecule has 1 N–H and O–H groups in total. The molecule has 0 unspecified atom stereocenters. The van der Waals surface area contributed by atoms with Crippen LogP contribution in [0.15, 0.2) is 18.2 Å². The van der Waals surface area contributed by atoms with E-state index in [1.54, 1.807) is 6.19 Å². The van der Waals surface area contributed by atoms with E-state index < -0.39 is 4.92 Å². The van der Waals surface area contributed by atoms with Crippen LogP contribution in [0.25, 0.3) is 0 Å². The zero-order valence-electron chi connectivity index (χ0n) is 7.35. The molecule has 0 amide bonds. The van der Waals surface area contributed by atoms with Crippen LogP contribution in [0.2, 0.25) is 0 Å². The lowest BCUT2D eigenvalue weighted by atomic mass is 10.2. The molecule has 1 aromatic rings. The third-order valence-electron chi connectivity index (χ3n) is 1.58. The van der Waals surface area contributed by atoms with Crippen molar-refractivity contribution in [1.29, 1.82) is 5.26 Å². The van der Waals surface area contributed by atoms with Crippen LogP contribution >= 0.6 is 0 Å². The van der Waals surface area contributed by atoms with E-state index in [9.17, 15) is 10.1 Å². The second-order valence-electron chi connectivity index (χ2n) is 2.38. The summed E-state index contributed by atoms with van der Waals surface area (Å²) < 4.78 is 4.90. The third kappa shape index (κ3) is 1.90. The zero-order valence-corrected chi connectivity index (χ0v) is 7.35. The molecule has 0 heterocycles. The van der Waals surface area contributed by atoms with Gasteiger partial charge in [0.15, 0.2) is 6.19 Å². The molecule has 1 aromatic carbocycles. The standard InChI is InChI=1S/C8H7N3O3/c1-14-8-3-2-6(11(12)13)4-7(8)10-5-9/h2-4,10H,1H3. The summed E-state index contributed by atoms with van der Waals surface area (Å²) in [6.45, 7) is 0. The first-order chi connectivity index (χ1) is 6.69. The molecular formula is C8H7N3O3. The van der Waals surface area contributed by atoms with Crippen LogP contribution in [0, 0.1) is 21.6 Å². The van der Waals surface area contributed by atoms with E-state index in [0.717, 1.165) is 0 Å². The molecular weight excluding hydrogens is 186 g/mol. The zero-order chi connectivity index (χ0) is 10.6. The van der Waals surface area contributed by atoms with Gasteiger partial charge in [-0.25, -0.2) is 0 Å². The Labute approximate surface area is 79.9 Å². The maximum Gasteiger partial charge on any atom is 0.271 e. The van der Waals surface area contributed by atoms with Crippen LogP contribution in [0.4, 0.5) is 11.4 Å². The van der Waals surface area contributed by atoms with Gasteiger partial charge in [-0.2, -0.15) is 5.26 Å². The average molecular weight is 193 g/mol. The number of benzene rings is 1. The van der Waals surface area contributed by atoms with Crippen LogP contribution in [-0.2, 0) is 0 Å². The summed E-state index contributed by atoms with van der Waals surface area (Å²) in [6, 6.07) is 3.97. The first-order valence-corrected chi connectivity index (χ1v) is 3.66. The number of nitro benzene ring substituents is 1. The Kier molecular flexibility index (Phi) is 2.86. The van der Waals surface area contributed by atoms with Gasteiger partial charge in [0, 0.05) is 12.1 Å². The molecule has 0 aromatic heterocycles. The second-order valence-corrected chi connectivity index (χ2v) is 2.38. The Balaban J connectivity index is 3.15. The lowest BCUT2D eigenvalue weighted by Gasteiger charge is -2.04. The van der Waals surface area contributed by atoms with Gasteiger partial charge in [-0.05, 0) is 6.07 Å². The highest BCUT2D eigenvalue weighted by atomic mass is 16.6. The van der Waals surface area contributed by atoms with Gasteiger partial charge in [-0.1, -0.05) is 0 Å². The normalized spacial score (nSPS) is 8.86. The molecule has 0 saturated carbocycles. The maximum atomic E-state index is 10.4. The molecule has 1 rings (SSSR count). The largest absolute Gasteiger partial charge is 0.495 e. The van der Waals surface area contributed by atoms with Crippen LogP contribution in [0.3, 0.4) is 0 Å². The van der Waals surface area contributed by atoms with E-state index in [-0.39, 0.29) is 11.4 Å². The Morgan fingerprint density at radius 2 is 2.36 bits per heavy atom. The summed E-state index contributed by atoms with van der Waals surface area (Å²) in [5.74, 6) is 0.386. The van der Waals surface area contributed by atoms with Gasteiger partial charge in [0.05, 0.1) is 17.7 Å². The average Bonchev–Trinajstić information content (AvgIpc) is 2.18. The van der Waals surface area contributed by atoms with Crippen molar-refractivity contribution in [3.05, 3.63) is 28.3 Å². The fourth-order valence-corrected chi connectivity index (χ4v) is 0.967. The first-order valence-electron chi connectivity index (χ1n) is 3.66. The van der Waals surface area contributed by atoms with E-state index in [4.69, 9.17) is 10.00 Å². The minimum Gasteiger partial charge on any atom is -0.495 e. The highest BCUT2D eigenvalue weighted by molar-refractivity contribution is 5.63. The fourth-order valence-electron chi connectivity index (χ4n) is 0.967. The molecule has 0 bridgehead atoms. The van der Waals surface area contributed by atoms with Crippen molar-refractivity contribution in [2.45, 2.75) is 0 Å². The summed E-state index contributed by atoms with van der Waals surface area (Å²) >= 11 is 0. The summed E-state index contributed by atoms with van der Waals surface area (Å²) in [5.41, 5.74) is 0.188. The van der Waals surface area contributed by atoms with Crippen LogP contribution in [-0.4, -0.2) is 12.0 Å². The molecule has 72 valence electrons. The molecule has 0 radical (unpaired) electrons. The molecule has 0 fully saturated rings. The van der Waals surface area contributed by atoms with Crippen molar-refractivity contribution in [2.24, 2.45) is 0 Å². The number of nitrogens with zero attached hydrogens (tertiary/aromatic N) is 2. The Bertz CT molecular complexity index is 397. The minimum absolute atomic E-state index is 0.0939. The number of methoxy groups -OCH3 is 1. The summed E-state index contributed by atoms with van der Waals surface area (Å²) in [7, 11) is 1.42. The Morgan fingerprint density at radius 3 is 2.86 bits per heavy atom. The van der Waals surface area contributed by atoms with E-state index >= 15 is 0 Å². The van der Waals surface area contributed by atoms with E-state index in [0.29, 0.717) is 5.75 Å². The number of nitro groups is 1. The lowest BCUT2D eigenvalue weighted by Crippen LogP contribution is -1.95. The van der Waals surface area contributed by atoms with Crippen molar-refractivity contribution < 1.29 is 9.66 Å². The molecule has 0 aliphatic rings. The Hall–Kier alpha value is -2.29. The summed E-state index contributed by atoms with van der Waals surface area (Å²) in [5, 5.41) is 21.1. The molecule has 6 nitrogen and oxygen atoms in total. The predicted molar refractivity (Wildman–Crippen MR) is 48.9 cm³/mol. The number of rotatable bonds is 3. The molecule has 6 heteroatoms. The van der Waals surface area contributed by atoms with Crippen LogP contribution in [0.1, 0.15) is 0 Å². The van der Waals surface area contributed by atoms with Crippen LogP contribution < -0.4 is 10.1 Å². The van der Waals surface area contributed by atoms with E-state index in [1.165, 1.54) is 25.3 Å². The highest BCUT2D eigenvalue weighted by Crippen LogP contribution is 2.28. The number of hydrogen-bond donors (Lipinski definition) is 1. The lowest BCUT2D eigenvalue weighted by molar-refractivity contribution is -0.384. The molecule has 14 heavy (non-hydrogen) atoms. The monoisotopic (exact) mass is 193 g/mol. The number of nitrogens with one attached hydrogen (secondary N) is 1. The molecule has 0 aliphatic carbocycles. The van der Waals surface area contributed by atoms with Crippen LogP contribution in [0.5, 0.6) is 5.75 Å². The second kappa shape index (κ2) is 4.09. The number of non-ortho nitro benzene ring substituents is 1. The SMILES string of the molecule is COc1ccc([N+](=O)[O-])cc1NC#N. The van der Waals surface area contributed by atoms with Crippen molar-refractivity contribution in [3.63, 3.8) is 0 Å². The van der Waals surface area contributed by atoms with Crippen molar-refractivity contribution >= 4 is 11.4 Å². The summed E-state index contributed by atoms with van der Waals surface area (Å²) in [6.07, 6.45) is 1.67. The maximum absolute atomic E-state index is 10.4. The first kappa shape index (κ1) is 9.80. The number of anilines is 1. The number of hydrogen-bond acceptors (Lipinski definition) is 5. The van der Waals surface area contributed by atoms with Gasteiger partial charge >= 0.3 is 0 Å². The molecule has 0 spiro atoms. The smallest absolute Gasteiger partial charge is 0.271 e. The molecule has 0 aliphatic heterocycles. The Morgan fingerprint density at radius 1 is 1.64 bits per heavy atom. The minimum atomic E-state index is -0.540. The summed E-state index contributed by atoms with van der Waals surface area (Å²) in [4.78, 5) is 9.87. The molecule has 0 saturated heterocycles. The van der Waals surface area contributed by atoms with Gasteiger partial charge in [-0.3, -0.25) is 15.4 Å². The number of nitriles is 1. The van der Waals surface area contributed by atoms with E-state index in [2.05, 4.69) is 5.32 Å². The van der Waals surface area contributed by atoms with Crippen molar-refractivity contribution in [2.75, 3.05) is 12.4 Å². The molecule has 0 atom stereocenters. The fraction of sp³-hybridized carbons (Fsp3) is 0.125. The van der Waals surface area contributed by atoms with Gasteiger partial charge in [0.2, 0.25) is 0 Å². The van der Waals surface area contributed by atoms with Gasteiger partial charge in [0.25, 0.3) is 5.69 Å².